The molecule has 1 rings (SSSR count). The number of hydrogen-bond acceptors (Lipinski definition) is 6. The molecule has 0 aromatic rings. The number of aliphatic hydroxyl groups is 3. The van der Waals surface area contributed by atoms with Gasteiger partial charge in [-0.1, -0.05) is 5.11 Å². The van der Waals surface area contributed by atoms with E-state index >= 15 is 0 Å². The Hall–Kier alpha value is -0.960. The molecule has 1 fully saturated rings. The third-order valence-corrected chi connectivity index (χ3v) is 2.36. The van der Waals surface area contributed by atoms with Gasteiger partial charge in [0.25, 0.3) is 0 Å². The van der Waals surface area contributed by atoms with Crippen LogP contribution in [-0.4, -0.2) is 65.9 Å². The Bertz CT molecular complexity index is 286. The summed E-state index contributed by atoms with van der Waals surface area (Å²) < 4.78 is 22.3. The molecule has 0 spiro atoms. The van der Waals surface area contributed by atoms with Gasteiger partial charge in [-0.3, -0.25) is 0 Å². The van der Waals surface area contributed by atoms with Crippen LogP contribution in [0.15, 0.2) is 5.11 Å². The van der Waals surface area contributed by atoms with Crippen LogP contribution in [0.5, 0.6) is 0 Å². The third kappa shape index (κ3) is 3.50. The highest BCUT2D eigenvalue weighted by molar-refractivity contribution is 4.88. The molecule has 0 amide bonds. The highest BCUT2D eigenvalue weighted by atomic mass is 19.1. The molecule has 3 N–H and O–H groups in total. The number of alkyl halides is 1. The second-order valence-corrected chi connectivity index (χ2v) is 3.49. The number of nitrogens with zero attached hydrogens (tertiary/aromatic N) is 3. The fourth-order valence-corrected chi connectivity index (χ4v) is 1.44. The topological polar surface area (TPSA) is 128 Å². The Balaban J connectivity index is 2.50. The van der Waals surface area contributed by atoms with Gasteiger partial charge in [0.15, 0.2) is 6.29 Å². The van der Waals surface area contributed by atoms with Gasteiger partial charge < -0.3 is 24.8 Å². The van der Waals surface area contributed by atoms with E-state index in [1.165, 1.54) is 0 Å². The van der Waals surface area contributed by atoms with Gasteiger partial charge in [0, 0.05) is 11.5 Å². The molecule has 17 heavy (non-hydrogen) atoms. The first-order chi connectivity index (χ1) is 8.11. The zero-order chi connectivity index (χ0) is 12.8. The van der Waals surface area contributed by atoms with Crippen molar-refractivity contribution in [2.45, 2.75) is 30.7 Å². The summed E-state index contributed by atoms with van der Waals surface area (Å²) in [6.07, 6.45) is -7.05. The van der Waals surface area contributed by atoms with Crippen LogP contribution in [0.4, 0.5) is 4.39 Å². The predicted molar refractivity (Wildman–Crippen MR) is 52.6 cm³/mol. The largest absolute Gasteiger partial charge is 0.387 e. The lowest BCUT2D eigenvalue weighted by molar-refractivity contribution is -0.297. The normalized spacial score (nSPS) is 37.5. The molecule has 0 bridgehead atoms. The summed E-state index contributed by atoms with van der Waals surface area (Å²) in [7, 11) is 0. The minimum Gasteiger partial charge on any atom is -0.387 e. The van der Waals surface area contributed by atoms with Gasteiger partial charge in [-0.2, -0.15) is 0 Å². The number of ether oxygens (including phenoxy) is 2. The Morgan fingerprint density at radius 2 is 2.00 bits per heavy atom. The van der Waals surface area contributed by atoms with Crippen LogP contribution in [0.25, 0.3) is 10.4 Å². The van der Waals surface area contributed by atoms with E-state index in [9.17, 15) is 19.7 Å². The molecule has 98 valence electrons. The number of hydrogen-bond donors (Lipinski definition) is 3. The summed E-state index contributed by atoms with van der Waals surface area (Å²) in [6, 6.07) is 0. The Kier molecular flexibility index (Phi) is 5.56. The van der Waals surface area contributed by atoms with Gasteiger partial charge in [0.2, 0.25) is 0 Å². The van der Waals surface area contributed by atoms with Crippen molar-refractivity contribution in [3.63, 3.8) is 0 Å². The summed E-state index contributed by atoms with van der Waals surface area (Å²) in [5.74, 6) is 0. The maximum atomic E-state index is 12.4. The molecule has 0 saturated carbocycles. The first kappa shape index (κ1) is 14.1. The molecular weight excluding hydrogens is 237 g/mol. The standard InChI is InChI=1S/C8H14FN3O5/c9-3-4-5(13)6(14)7(15)8(17-4)16-2-1-11-12-10/h4-8,13-15H,1-3H2/t4-,5-,6+,7-,8+/m1/s1. The van der Waals surface area contributed by atoms with Gasteiger partial charge in [-0.15, -0.1) is 0 Å². The molecule has 1 aliphatic heterocycles. The first-order valence-electron chi connectivity index (χ1n) is 5.00. The van der Waals surface area contributed by atoms with E-state index in [2.05, 4.69) is 10.0 Å². The SMILES string of the molecule is [N-]=[N+]=NCCO[C@H]1O[C@H](CF)[C@@H](O)[C@H](O)[C@H]1O. The van der Waals surface area contributed by atoms with Gasteiger partial charge >= 0.3 is 0 Å². The second kappa shape index (κ2) is 6.70. The Morgan fingerprint density at radius 3 is 2.59 bits per heavy atom. The average Bonchev–Trinajstić information content (AvgIpc) is 2.34. The van der Waals surface area contributed by atoms with Crippen LogP contribution in [0.1, 0.15) is 0 Å². The smallest absolute Gasteiger partial charge is 0.186 e. The average molecular weight is 251 g/mol. The van der Waals surface area contributed by atoms with Crippen LogP contribution in [-0.2, 0) is 9.47 Å². The van der Waals surface area contributed by atoms with Crippen molar-refractivity contribution in [2.75, 3.05) is 19.8 Å². The molecule has 9 heteroatoms. The number of halogens is 1. The molecule has 8 nitrogen and oxygen atoms in total. The van der Waals surface area contributed by atoms with E-state index in [-0.39, 0.29) is 13.2 Å². The molecule has 0 aromatic carbocycles. The van der Waals surface area contributed by atoms with Crippen molar-refractivity contribution in [2.24, 2.45) is 5.11 Å². The molecule has 1 saturated heterocycles. The summed E-state index contributed by atoms with van der Waals surface area (Å²) in [5.41, 5.74) is 8.01. The van der Waals surface area contributed by atoms with Crippen LogP contribution >= 0.6 is 0 Å². The van der Waals surface area contributed by atoms with E-state index < -0.39 is 37.4 Å². The first-order valence-corrected chi connectivity index (χ1v) is 5.00. The molecule has 1 aliphatic rings. The fraction of sp³-hybridized carbons (Fsp3) is 1.00. The predicted octanol–water partition coefficient (Wildman–Crippen LogP) is -0.910. The van der Waals surface area contributed by atoms with Gasteiger partial charge in [-0.05, 0) is 5.53 Å². The molecule has 5 atom stereocenters. The van der Waals surface area contributed by atoms with Crippen LogP contribution in [0.3, 0.4) is 0 Å². The van der Waals surface area contributed by atoms with Crippen molar-refractivity contribution < 1.29 is 29.2 Å². The second-order valence-electron chi connectivity index (χ2n) is 3.49. The summed E-state index contributed by atoms with van der Waals surface area (Å²) in [6.45, 7) is -1.04. The van der Waals surface area contributed by atoms with Crippen LogP contribution in [0.2, 0.25) is 0 Å². The number of aliphatic hydroxyl groups excluding tert-OH is 3. The van der Waals surface area contributed by atoms with E-state index in [0.717, 1.165) is 0 Å². The Morgan fingerprint density at radius 1 is 1.29 bits per heavy atom. The number of azide groups is 1. The minimum atomic E-state index is -1.55. The lowest BCUT2D eigenvalue weighted by atomic mass is 10.00. The maximum absolute atomic E-state index is 12.4. The van der Waals surface area contributed by atoms with E-state index in [1.54, 1.807) is 0 Å². The molecule has 1 heterocycles. The zero-order valence-corrected chi connectivity index (χ0v) is 8.89. The van der Waals surface area contributed by atoms with Crippen LogP contribution < -0.4 is 0 Å². The van der Waals surface area contributed by atoms with Gasteiger partial charge in [0.1, 0.15) is 31.1 Å². The maximum Gasteiger partial charge on any atom is 0.186 e. The van der Waals surface area contributed by atoms with Gasteiger partial charge in [0.05, 0.1) is 6.61 Å². The van der Waals surface area contributed by atoms with Crippen LogP contribution in [0, 0.1) is 0 Å². The van der Waals surface area contributed by atoms with E-state index in [0.29, 0.717) is 0 Å². The monoisotopic (exact) mass is 251 g/mol. The molecule has 0 aliphatic carbocycles. The van der Waals surface area contributed by atoms with Crippen molar-refractivity contribution >= 4 is 0 Å². The lowest BCUT2D eigenvalue weighted by Crippen LogP contribution is -2.58. The van der Waals surface area contributed by atoms with Crippen molar-refractivity contribution in [3.8, 4) is 0 Å². The highest BCUT2D eigenvalue weighted by Crippen LogP contribution is 2.22. The molecular formula is C8H14FN3O5. The third-order valence-electron chi connectivity index (χ3n) is 2.36. The Labute approximate surface area is 96.2 Å². The van der Waals surface area contributed by atoms with E-state index in [4.69, 9.17) is 15.0 Å². The summed E-state index contributed by atoms with van der Waals surface area (Å²) >= 11 is 0. The molecule has 0 unspecified atom stereocenters. The quantitative estimate of drug-likeness (QED) is 0.252. The number of rotatable bonds is 5. The lowest BCUT2D eigenvalue weighted by Gasteiger charge is -2.39. The van der Waals surface area contributed by atoms with Gasteiger partial charge in [-0.25, -0.2) is 4.39 Å². The highest BCUT2D eigenvalue weighted by Gasteiger charge is 2.44. The van der Waals surface area contributed by atoms with Crippen molar-refractivity contribution in [3.05, 3.63) is 10.4 Å². The van der Waals surface area contributed by atoms with Crippen molar-refractivity contribution in [1.82, 2.24) is 0 Å². The molecule has 0 radical (unpaired) electrons. The zero-order valence-electron chi connectivity index (χ0n) is 8.89. The summed E-state index contributed by atoms with van der Waals surface area (Å²) in [5, 5.41) is 31.4. The summed E-state index contributed by atoms with van der Waals surface area (Å²) in [4.78, 5) is 2.49. The van der Waals surface area contributed by atoms with E-state index in [1.807, 2.05) is 0 Å². The fourth-order valence-electron chi connectivity index (χ4n) is 1.44. The minimum absolute atomic E-state index is 0.0159. The van der Waals surface area contributed by atoms with Crippen molar-refractivity contribution in [1.29, 1.82) is 0 Å². The molecule has 0 aromatic heterocycles.